The Hall–Kier alpha value is -2.74. The fourth-order valence-electron chi connectivity index (χ4n) is 1.49. The molecule has 0 amide bonds. The number of hydrogen-bond acceptors (Lipinski definition) is 3. The lowest BCUT2D eigenvalue weighted by molar-refractivity contribution is 0.112. The first-order valence-corrected chi connectivity index (χ1v) is 5.25. The smallest absolute Gasteiger partial charge is 0.167 e. The molecule has 3 nitrogen and oxygen atoms in total. The molecule has 0 radical (unpaired) electrons. The van der Waals surface area contributed by atoms with E-state index in [0.717, 1.165) is 18.2 Å². The van der Waals surface area contributed by atoms with E-state index >= 15 is 0 Å². The van der Waals surface area contributed by atoms with Gasteiger partial charge in [-0.25, -0.2) is 8.78 Å². The molecule has 0 unspecified atom stereocenters. The Kier molecular flexibility index (Phi) is 3.53. The topological polar surface area (TPSA) is 50.1 Å². The van der Waals surface area contributed by atoms with Crippen molar-refractivity contribution in [1.82, 2.24) is 0 Å². The summed E-state index contributed by atoms with van der Waals surface area (Å²) >= 11 is 0. The highest BCUT2D eigenvalue weighted by Crippen LogP contribution is 2.26. The number of ether oxygens (including phenoxy) is 1. The van der Waals surface area contributed by atoms with Crippen molar-refractivity contribution in [3.63, 3.8) is 0 Å². The number of carbonyl (C=O) groups excluding carboxylic acids is 1. The average Bonchev–Trinajstić information content (AvgIpc) is 2.40. The van der Waals surface area contributed by atoms with E-state index in [4.69, 9.17) is 10.00 Å². The van der Waals surface area contributed by atoms with Crippen molar-refractivity contribution >= 4 is 6.29 Å². The van der Waals surface area contributed by atoms with Gasteiger partial charge in [-0.15, -0.1) is 0 Å². The SMILES string of the molecule is N#Cc1ccc(Oc2cc(F)cc(C=O)c2)c(F)c1. The van der Waals surface area contributed by atoms with Crippen LogP contribution in [0.3, 0.4) is 0 Å². The molecule has 94 valence electrons. The quantitative estimate of drug-likeness (QED) is 0.793. The number of nitriles is 1. The zero-order valence-corrected chi connectivity index (χ0v) is 9.56. The fourth-order valence-corrected chi connectivity index (χ4v) is 1.49. The van der Waals surface area contributed by atoms with Gasteiger partial charge in [0.25, 0.3) is 0 Å². The van der Waals surface area contributed by atoms with Gasteiger partial charge in [0.05, 0.1) is 11.6 Å². The van der Waals surface area contributed by atoms with Crippen molar-refractivity contribution in [2.45, 2.75) is 0 Å². The maximum absolute atomic E-state index is 13.6. The van der Waals surface area contributed by atoms with Gasteiger partial charge in [0.15, 0.2) is 11.6 Å². The van der Waals surface area contributed by atoms with Crippen LogP contribution in [0, 0.1) is 23.0 Å². The predicted molar refractivity (Wildman–Crippen MR) is 63.0 cm³/mol. The highest BCUT2D eigenvalue weighted by atomic mass is 19.1. The zero-order valence-electron chi connectivity index (χ0n) is 9.56. The molecule has 0 N–H and O–H groups in total. The molecule has 2 rings (SSSR count). The van der Waals surface area contributed by atoms with E-state index < -0.39 is 11.6 Å². The molecule has 0 aliphatic carbocycles. The van der Waals surface area contributed by atoms with Gasteiger partial charge in [-0.1, -0.05) is 0 Å². The van der Waals surface area contributed by atoms with Crippen LogP contribution in [0.15, 0.2) is 36.4 Å². The molecular formula is C14H7F2NO2. The Morgan fingerprint density at radius 3 is 2.58 bits per heavy atom. The molecule has 2 aromatic carbocycles. The van der Waals surface area contributed by atoms with Crippen LogP contribution in [0.5, 0.6) is 11.5 Å². The number of aldehydes is 1. The lowest BCUT2D eigenvalue weighted by Crippen LogP contribution is -1.92. The van der Waals surface area contributed by atoms with Crippen molar-refractivity contribution in [3.05, 3.63) is 59.2 Å². The van der Waals surface area contributed by atoms with Crippen molar-refractivity contribution < 1.29 is 18.3 Å². The second-order valence-corrected chi connectivity index (χ2v) is 3.70. The fraction of sp³-hybridized carbons (Fsp3) is 0. The normalized spacial score (nSPS) is 9.74. The van der Waals surface area contributed by atoms with Crippen LogP contribution in [0.1, 0.15) is 15.9 Å². The van der Waals surface area contributed by atoms with E-state index in [2.05, 4.69) is 0 Å². The summed E-state index contributed by atoms with van der Waals surface area (Å²) < 4.78 is 31.9. The van der Waals surface area contributed by atoms with Crippen LogP contribution in [-0.4, -0.2) is 6.29 Å². The van der Waals surface area contributed by atoms with Gasteiger partial charge in [0, 0.05) is 11.6 Å². The molecule has 0 fully saturated rings. The first kappa shape index (κ1) is 12.7. The van der Waals surface area contributed by atoms with Gasteiger partial charge in [-0.05, 0) is 30.3 Å². The predicted octanol–water partition coefficient (Wildman–Crippen LogP) is 3.44. The molecule has 0 bridgehead atoms. The van der Waals surface area contributed by atoms with E-state index in [1.54, 1.807) is 6.07 Å². The minimum atomic E-state index is -0.740. The summed E-state index contributed by atoms with van der Waals surface area (Å²) in [6, 6.07) is 8.78. The van der Waals surface area contributed by atoms with Gasteiger partial charge in [0.2, 0.25) is 0 Å². The number of nitrogens with zero attached hydrogens (tertiary/aromatic N) is 1. The third kappa shape index (κ3) is 2.93. The molecule has 0 atom stereocenters. The Morgan fingerprint density at radius 2 is 1.95 bits per heavy atom. The monoisotopic (exact) mass is 259 g/mol. The van der Waals surface area contributed by atoms with E-state index in [1.807, 2.05) is 0 Å². The lowest BCUT2D eigenvalue weighted by Gasteiger charge is -2.07. The van der Waals surface area contributed by atoms with Gasteiger partial charge in [0.1, 0.15) is 17.9 Å². The van der Waals surface area contributed by atoms with Gasteiger partial charge < -0.3 is 4.74 Å². The van der Waals surface area contributed by atoms with Crippen molar-refractivity contribution in [2.24, 2.45) is 0 Å². The molecule has 0 aliphatic heterocycles. The van der Waals surface area contributed by atoms with Crippen LogP contribution in [-0.2, 0) is 0 Å². The summed E-state index contributed by atoms with van der Waals surface area (Å²) in [5, 5.41) is 8.60. The third-order valence-corrected chi connectivity index (χ3v) is 2.32. The number of halogens is 2. The Morgan fingerprint density at radius 1 is 1.16 bits per heavy atom. The van der Waals surface area contributed by atoms with E-state index in [0.29, 0.717) is 6.29 Å². The van der Waals surface area contributed by atoms with Crippen molar-refractivity contribution in [1.29, 1.82) is 5.26 Å². The standard InChI is InChI=1S/C14H7F2NO2/c15-11-3-10(8-18)4-12(6-11)19-14-2-1-9(7-17)5-13(14)16/h1-6,8H. The molecule has 0 spiro atoms. The molecule has 2 aromatic rings. The molecule has 0 aliphatic rings. The summed E-state index contributed by atoms with van der Waals surface area (Å²) in [4.78, 5) is 10.6. The number of carbonyl (C=O) groups is 1. The summed E-state index contributed by atoms with van der Waals surface area (Å²) in [5.41, 5.74) is 0.238. The van der Waals surface area contributed by atoms with Crippen molar-refractivity contribution in [3.8, 4) is 17.6 Å². The largest absolute Gasteiger partial charge is 0.454 e. The number of hydrogen-bond donors (Lipinski definition) is 0. The summed E-state index contributed by atoms with van der Waals surface area (Å²) in [5.74, 6) is -1.54. The second kappa shape index (κ2) is 5.27. The highest BCUT2D eigenvalue weighted by molar-refractivity contribution is 5.75. The Bertz CT molecular complexity index is 678. The van der Waals surface area contributed by atoms with Crippen LogP contribution in [0.2, 0.25) is 0 Å². The van der Waals surface area contributed by atoms with Crippen molar-refractivity contribution in [2.75, 3.05) is 0 Å². The lowest BCUT2D eigenvalue weighted by atomic mass is 10.2. The highest BCUT2D eigenvalue weighted by Gasteiger charge is 2.08. The molecular weight excluding hydrogens is 252 g/mol. The Balaban J connectivity index is 2.33. The molecule has 5 heteroatoms. The Labute approximate surface area is 107 Å². The summed E-state index contributed by atoms with van der Waals surface area (Å²) in [6.45, 7) is 0. The van der Waals surface area contributed by atoms with Crippen LogP contribution < -0.4 is 4.74 Å². The minimum Gasteiger partial charge on any atom is -0.454 e. The maximum Gasteiger partial charge on any atom is 0.167 e. The molecule has 0 heterocycles. The average molecular weight is 259 g/mol. The minimum absolute atomic E-state index is 0.00528. The first-order valence-electron chi connectivity index (χ1n) is 5.25. The van der Waals surface area contributed by atoms with E-state index in [1.165, 1.54) is 18.2 Å². The summed E-state index contributed by atoms with van der Waals surface area (Å²) in [7, 11) is 0. The maximum atomic E-state index is 13.6. The molecule has 0 saturated carbocycles. The number of rotatable bonds is 3. The first-order chi connectivity index (χ1) is 9.12. The van der Waals surface area contributed by atoms with Crippen LogP contribution in [0.25, 0.3) is 0 Å². The molecule has 0 aromatic heterocycles. The van der Waals surface area contributed by atoms with E-state index in [-0.39, 0.29) is 22.6 Å². The molecule has 0 saturated heterocycles. The van der Waals surface area contributed by atoms with Gasteiger partial charge >= 0.3 is 0 Å². The third-order valence-electron chi connectivity index (χ3n) is 2.32. The summed E-state index contributed by atoms with van der Waals surface area (Å²) in [6.07, 6.45) is 0.463. The molecule has 19 heavy (non-hydrogen) atoms. The zero-order chi connectivity index (χ0) is 13.8. The van der Waals surface area contributed by atoms with E-state index in [9.17, 15) is 13.6 Å². The second-order valence-electron chi connectivity index (χ2n) is 3.70. The number of benzene rings is 2. The van der Waals surface area contributed by atoms with Gasteiger partial charge in [-0.3, -0.25) is 4.79 Å². The van der Waals surface area contributed by atoms with Gasteiger partial charge in [-0.2, -0.15) is 5.26 Å². The van der Waals surface area contributed by atoms with Crippen LogP contribution in [0.4, 0.5) is 8.78 Å². The van der Waals surface area contributed by atoms with Crippen LogP contribution >= 0.6 is 0 Å².